The Hall–Kier alpha value is -1.27. The van der Waals surface area contributed by atoms with E-state index in [9.17, 15) is 0 Å². The summed E-state index contributed by atoms with van der Waals surface area (Å²) in [5, 5.41) is 0. The first-order valence-corrected chi connectivity index (χ1v) is 6.28. The topological polar surface area (TPSA) is 64.3 Å². The van der Waals surface area contributed by atoms with Crippen LogP contribution >= 0.6 is 12.2 Å². The van der Waals surface area contributed by atoms with Gasteiger partial charge in [-0.2, -0.15) is 0 Å². The maximum Gasteiger partial charge on any atom is 0.225 e. The molecule has 1 aromatic heterocycles. The molecule has 0 bridgehead atoms. The number of nitrogens with two attached hydrogens (primary N) is 1. The van der Waals surface area contributed by atoms with Gasteiger partial charge in [-0.3, -0.25) is 0 Å². The summed E-state index contributed by atoms with van der Waals surface area (Å²) in [4.78, 5) is 11.4. The standard InChI is InChI=1S/C12H20N4OS/c1-9-8-10(2)15-12(14-9)16(6-7-17-3)5-4-11(13)18/h8H,4-7H2,1-3H3,(H2,13,18). The van der Waals surface area contributed by atoms with Gasteiger partial charge in [0.05, 0.1) is 11.6 Å². The van der Waals surface area contributed by atoms with Crippen molar-refractivity contribution in [3.63, 3.8) is 0 Å². The van der Waals surface area contributed by atoms with Crippen molar-refractivity contribution in [1.82, 2.24) is 9.97 Å². The molecule has 0 unspecified atom stereocenters. The van der Waals surface area contributed by atoms with E-state index in [0.29, 0.717) is 30.5 Å². The van der Waals surface area contributed by atoms with Crippen LogP contribution in [0.4, 0.5) is 5.95 Å². The van der Waals surface area contributed by atoms with Gasteiger partial charge >= 0.3 is 0 Å². The van der Waals surface area contributed by atoms with Crippen molar-refractivity contribution < 1.29 is 4.74 Å². The minimum Gasteiger partial charge on any atom is -0.393 e. The first-order valence-electron chi connectivity index (χ1n) is 5.87. The molecular weight excluding hydrogens is 248 g/mol. The molecule has 0 atom stereocenters. The molecule has 0 spiro atoms. The van der Waals surface area contributed by atoms with E-state index in [1.165, 1.54) is 0 Å². The Morgan fingerprint density at radius 3 is 2.44 bits per heavy atom. The fourth-order valence-electron chi connectivity index (χ4n) is 1.61. The average molecular weight is 268 g/mol. The van der Waals surface area contributed by atoms with Crippen LogP contribution < -0.4 is 10.6 Å². The summed E-state index contributed by atoms with van der Waals surface area (Å²) in [6.45, 7) is 5.97. The molecule has 0 fully saturated rings. The maximum absolute atomic E-state index is 5.54. The third-order valence-electron chi connectivity index (χ3n) is 2.45. The molecule has 0 amide bonds. The fourth-order valence-corrected chi connectivity index (χ4v) is 1.70. The van der Waals surface area contributed by atoms with Gasteiger partial charge in [0.25, 0.3) is 0 Å². The number of hydrogen-bond donors (Lipinski definition) is 1. The molecule has 0 aromatic carbocycles. The number of methoxy groups -OCH3 is 1. The summed E-state index contributed by atoms with van der Waals surface area (Å²) < 4.78 is 5.10. The normalized spacial score (nSPS) is 10.4. The monoisotopic (exact) mass is 268 g/mol. The van der Waals surface area contributed by atoms with E-state index in [-0.39, 0.29) is 0 Å². The maximum atomic E-state index is 5.54. The highest BCUT2D eigenvalue weighted by molar-refractivity contribution is 7.80. The van der Waals surface area contributed by atoms with E-state index in [1.807, 2.05) is 24.8 Å². The lowest BCUT2D eigenvalue weighted by Gasteiger charge is -2.22. The molecule has 1 rings (SSSR count). The van der Waals surface area contributed by atoms with Crippen molar-refractivity contribution in [3.05, 3.63) is 17.5 Å². The number of thiocarbonyl (C=S) groups is 1. The van der Waals surface area contributed by atoms with Crippen LogP contribution in [0.1, 0.15) is 17.8 Å². The zero-order chi connectivity index (χ0) is 13.5. The molecule has 0 saturated carbocycles. The second kappa shape index (κ2) is 7.23. The van der Waals surface area contributed by atoms with Gasteiger partial charge in [0.2, 0.25) is 5.95 Å². The van der Waals surface area contributed by atoms with E-state index in [2.05, 4.69) is 9.97 Å². The predicted octanol–water partition coefficient (Wildman–Crippen LogP) is 1.22. The first-order chi connectivity index (χ1) is 8.52. The van der Waals surface area contributed by atoms with Gasteiger partial charge in [0.15, 0.2) is 0 Å². The highest BCUT2D eigenvalue weighted by atomic mass is 32.1. The fraction of sp³-hybridized carbons (Fsp3) is 0.583. The Balaban J connectivity index is 2.82. The summed E-state index contributed by atoms with van der Waals surface area (Å²) in [7, 11) is 1.67. The summed E-state index contributed by atoms with van der Waals surface area (Å²) in [6, 6.07) is 1.95. The molecule has 100 valence electrons. The highest BCUT2D eigenvalue weighted by Gasteiger charge is 2.10. The minimum atomic E-state index is 0.502. The van der Waals surface area contributed by atoms with Crippen LogP contribution in [0.3, 0.4) is 0 Å². The molecular formula is C12H20N4OS. The number of nitrogens with zero attached hydrogens (tertiary/aromatic N) is 3. The second-order valence-corrected chi connectivity index (χ2v) is 4.67. The summed E-state index contributed by atoms with van der Waals surface area (Å²) in [5.74, 6) is 0.709. The largest absolute Gasteiger partial charge is 0.393 e. The molecule has 18 heavy (non-hydrogen) atoms. The average Bonchev–Trinajstić information content (AvgIpc) is 2.27. The number of ether oxygens (including phenoxy) is 1. The number of aromatic nitrogens is 2. The molecule has 0 aliphatic heterocycles. The van der Waals surface area contributed by atoms with E-state index < -0.39 is 0 Å². The van der Waals surface area contributed by atoms with Gasteiger partial charge in [-0.05, 0) is 19.9 Å². The quantitative estimate of drug-likeness (QED) is 0.750. The SMILES string of the molecule is COCCN(CCC(N)=S)c1nc(C)cc(C)n1. The van der Waals surface area contributed by atoms with E-state index in [1.54, 1.807) is 7.11 Å². The number of anilines is 1. The third kappa shape index (κ3) is 4.93. The molecule has 6 heteroatoms. The van der Waals surface area contributed by atoms with Crippen molar-refractivity contribution in [3.8, 4) is 0 Å². The molecule has 1 aromatic rings. The minimum absolute atomic E-state index is 0.502. The van der Waals surface area contributed by atoms with Gasteiger partial charge in [-0.25, -0.2) is 9.97 Å². The van der Waals surface area contributed by atoms with Crippen LogP contribution in [0.15, 0.2) is 6.07 Å². The first kappa shape index (κ1) is 14.8. The lowest BCUT2D eigenvalue weighted by Crippen LogP contribution is -2.32. The van der Waals surface area contributed by atoms with Crippen molar-refractivity contribution in [2.24, 2.45) is 5.73 Å². The Labute approximate surface area is 113 Å². The van der Waals surface area contributed by atoms with Crippen LogP contribution in [-0.4, -0.2) is 41.8 Å². The Kier molecular flexibility index (Phi) is 5.94. The Morgan fingerprint density at radius 1 is 1.33 bits per heavy atom. The molecule has 0 aliphatic carbocycles. The van der Waals surface area contributed by atoms with Crippen molar-refractivity contribution in [1.29, 1.82) is 0 Å². The van der Waals surface area contributed by atoms with Crippen LogP contribution in [0.2, 0.25) is 0 Å². The summed E-state index contributed by atoms with van der Waals surface area (Å²) in [6.07, 6.45) is 0.648. The van der Waals surface area contributed by atoms with E-state index in [4.69, 9.17) is 22.7 Å². The molecule has 2 N–H and O–H groups in total. The predicted molar refractivity (Wildman–Crippen MR) is 77.0 cm³/mol. The summed E-state index contributed by atoms with van der Waals surface area (Å²) in [5.41, 5.74) is 7.45. The van der Waals surface area contributed by atoms with Crippen LogP contribution in [-0.2, 0) is 4.74 Å². The number of hydrogen-bond acceptors (Lipinski definition) is 5. The van der Waals surface area contributed by atoms with E-state index >= 15 is 0 Å². The van der Waals surface area contributed by atoms with Gasteiger partial charge < -0.3 is 15.4 Å². The Morgan fingerprint density at radius 2 is 1.94 bits per heavy atom. The highest BCUT2D eigenvalue weighted by Crippen LogP contribution is 2.10. The molecule has 5 nitrogen and oxygen atoms in total. The van der Waals surface area contributed by atoms with Gasteiger partial charge in [-0.15, -0.1) is 0 Å². The zero-order valence-electron chi connectivity index (χ0n) is 11.1. The zero-order valence-corrected chi connectivity index (χ0v) is 12.0. The van der Waals surface area contributed by atoms with E-state index in [0.717, 1.165) is 17.9 Å². The van der Waals surface area contributed by atoms with Gasteiger partial charge in [0, 0.05) is 38.0 Å². The molecule has 1 heterocycles. The van der Waals surface area contributed by atoms with Crippen LogP contribution in [0.25, 0.3) is 0 Å². The smallest absolute Gasteiger partial charge is 0.225 e. The molecule has 0 radical (unpaired) electrons. The van der Waals surface area contributed by atoms with Crippen LogP contribution in [0.5, 0.6) is 0 Å². The van der Waals surface area contributed by atoms with Crippen molar-refractivity contribution >= 4 is 23.2 Å². The second-order valence-electron chi connectivity index (χ2n) is 4.15. The molecule has 0 saturated heterocycles. The lowest BCUT2D eigenvalue weighted by atomic mass is 10.3. The van der Waals surface area contributed by atoms with Crippen molar-refractivity contribution in [2.75, 3.05) is 31.7 Å². The third-order valence-corrected chi connectivity index (χ3v) is 2.65. The number of rotatable bonds is 7. The number of aryl methyl sites for hydroxylation is 2. The van der Waals surface area contributed by atoms with Gasteiger partial charge in [0.1, 0.15) is 0 Å². The molecule has 0 aliphatic rings. The van der Waals surface area contributed by atoms with Crippen molar-refractivity contribution in [2.45, 2.75) is 20.3 Å². The van der Waals surface area contributed by atoms with Gasteiger partial charge in [-0.1, -0.05) is 12.2 Å². The summed E-state index contributed by atoms with van der Waals surface area (Å²) >= 11 is 4.91. The Bertz CT molecular complexity index is 391. The van der Waals surface area contributed by atoms with Crippen LogP contribution in [0, 0.1) is 13.8 Å². The lowest BCUT2D eigenvalue weighted by molar-refractivity contribution is 0.205.